The fraction of sp³-hybridized carbons (Fsp3) is 0.545. The quantitative estimate of drug-likeness (QED) is 0.773. The van der Waals surface area contributed by atoms with Gasteiger partial charge in [-0.3, -0.25) is 0 Å². The molecule has 1 atom stereocenters. The Kier molecular flexibility index (Phi) is 3.11. The van der Waals surface area contributed by atoms with Gasteiger partial charge in [0.15, 0.2) is 0 Å². The number of anilines is 1. The molecule has 3 N–H and O–H groups in total. The molecule has 0 saturated heterocycles. The Balaban J connectivity index is 3.17. The van der Waals surface area contributed by atoms with Gasteiger partial charge in [0.05, 0.1) is 5.60 Å². The van der Waals surface area contributed by atoms with Crippen molar-refractivity contribution in [1.29, 1.82) is 0 Å². The number of hydrogen-bond donors (Lipinski definition) is 2. The molecule has 0 saturated carbocycles. The van der Waals surface area contributed by atoms with E-state index in [9.17, 15) is 5.11 Å². The molecular formula is C11H18N2O. The smallest absolute Gasteiger partial charge is 0.129 e. The Morgan fingerprint density at radius 1 is 1.57 bits per heavy atom. The second-order valence-electron chi connectivity index (χ2n) is 3.91. The predicted molar refractivity (Wildman–Crippen MR) is 57.9 cm³/mol. The second-order valence-corrected chi connectivity index (χ2v) is 3.91. The van der Waals surface area contributed by atoms with Crippen LogP contribution in [0.1, 0.15) is 37.8 Å². The van der Waals surface area contributed by atoms with Crippen molar-refractivity contribution >= 4 is 5.82 Å². The van der Waals surface area contributed by atoms with Crippen LogP contribution >= 0.6 is 0 Å². The number of aryl methyl sites for hydroxylation is 1. The molecule has 0 bridgehead atoms. The van der Waals surface area contributed by atoms with Gasteiger partial charge in [-0.2, -0.15) is 0 Å². The summed E-state index contributed by atoms with van der Waals surface area (Å²) in [5.41, 5.74) is 6.66. The first-order chi connectivity index (χ1) is 6.49. The van der Waals surface area contributed by atoms with E-state index in [1.807, 2.05) is 19.9 Å². The Morgan fingerprint density at radius 2 is 2.21 bits per heavy atom. The molecule has 3 heteroatoms. The van der Waals surface area contributed by atoms with Gasteiger partial charge in [0.2, 0.25) is 0 Å². The molecule has 0 amide bonds. The summed E-state index contributed by atoms with van der Waals surface area (Å²) in [5, 5.41) is 10.2. The van der Waals surface area contributed by atoms with E-state index in [2.05, 4.69) is 4.98 Å². The zero-order valence-corrected chi connectivity index (χ0v) is 9.04. The van der Waals surface area contributed by atoms with Crippen molar-refractivity contribution in [2.24, 2.45) is 0 Å². The van der Waals surface area contributed by atoms with Crippen LogP contribution in [0.4, 0.5) is 5.82 Å². The average molecular weight is 194 g/mol. The van der Waals surface area contributed by atoms with Crippen molar-refractivity contribution in [1.82, 2.24) is 4.98 Å². The summed E-state index contributed by atoms with van der Waals surface area (Å²) in [5.74, 6) is 0.434. The highest BCUT2D eigenvalue weighted by Gasteiger charge is 2.26. The largest absolute Gasteiger partial charge is 0.385 e. The molecule has 0 aliphatic heterocycles. The molecule has 0 aromatic carbocycles. The molecule has 1 rings (SSSR count). The van der Waals surface area contributed by atoms with E-state index in [1.165, 1.54) is 0 Å². The number of nitrogen functional groups attached to an aromatic ring is 1. The third-order valence-electron chi connectivity index (χ3n) is 2.46. The van der Waals surface area contributed by atoms with Gasteiger partial charge in [-0.25, -0.2) is 4.98 Å². The topological polar surface area (TPSA) is 59.1 Å². The van der Waals surface area contributed by atoms with Crippen LogP contribution < -0.4 is 5.73 Å². The maximum Gasteiger partial charge on any atom is 0.129 e. The molecule has 78 valence electrons. The van der Waals surface area contributed by atoms with Crippen LogP contribution in [-0.4, -0.2) is 10.1 Å². The molecule has 3 nitrogen and oxygen atoms in total. The van der Waals surface area contributed by atoms with Gasteiger partial charge in [-0.05, 0) is 31.9 Å². The minimum atomic E-state index is -0.864. The van der Waals surface area contributed by atoms with Gasteiger partial charge >= 0.3 is 0 Å². The van der Waals surface area contributed by atoms with E-state index >= 15 is 0 Å². The molecule has 1 aromatic rings. The normalized spacial score (nSPS) is 15.1. The lowest BCUT2D eigenvalue weighted by Gasteiger charge is -2.25. The Bertz CT molecular complexity index is 301. The maximum absolute atomic E-state index is 10.2. The zero-order valence-electron chi connectivity index (χ0n) is 9.04. The van der Waals surface area contributed by atoms with Crippen LogP contribution in [-0.2, 0) is 5.60 Å². The fourth-order valence-electron chi connectivity index (χ4n) is 1.89. The first-order valence-corrected chi connectivity index (χ1v) is 4.93. The summed E-state index contributed by atoms with van der Waals surface area (Å²) in [6.45, 7) is 5.77. The van der Waals surface area contributed by atoms with Crippen LogP contribution in [0.2, 0.25) is 0 Å². The van der Waals surface area contributed by atoms with Crippen molar-refractivity contribution in [3.63, 3.8) is 0 Å². The molecule has 0 radical (unpaired) electrons. The molecule has 0 aliphatic rings. The van der Waals surface area contributed by atoms with Crippen molar-refractivity contribution in [3.8, 4) is 0 Å². The van der Waals surface area contributed by atoms with E-state index in [-0.39, 0.29) is 0 Å². The average Bonchev–Trinajstić information content (AvgIpc) is 2.02. The lowest BCUT2D eigenvalue weighted by atomic mass is 9.89. The fourth-order valence-corrected chi connectivity index (χ4v) is 1.89. The Labute approximate surface area is 85.0 Å². The van der Waals surface area contributed by atoms with Gasteiger partial charge in [0.1, 0.15) is 5.82 Å². The standard InChI is InChI=1S/C11H18N2O/c1-4-6-11(3,14)9-8(2)5-7-13-10(9)12/h5,7,14H,4,6H2,1-3H3,(H2,12,13). The number of pyridine rings is 1. The molecule has 1 aromatic heterocycles. The lowest BCUT2D eigenvalue weighted by molar-refractivity contribution is 0.0468. The highest BCUT2D eigenvalue weighted by Crippen LogP contribution is 2.31. The number of nitrogens with zero attached hydrogens (tertiary/aromatic N) is 1. The highest BCUT2D eigenvalue weighted by atomic mass is 16.3. The molecule has 0 spiro atoms. The van der Waals surface area contributed by atoms with Gasteiger partial charge in [-0.15, -0.1) is 0 Å². The number of aromatic nitrogens is 1. The summed E-state index contributed by atoms with van der Waals surface area (Å²) in [6, 6.07) is 1.87. The summed E-state index contributed by atoms with van der Waals surface area (Å²) in [4.78, 5) is 4.01. The van der Waals surface area contributed by atoms with Gasteiger partial charge < -0.3 is 10.8 Å². The van der Waals surface area contributed by atoms with Crippen LogP contribution in [0, 0.1) is 6.92 Å². The maximum atomic E-state index is 10.2. The van der Waals surface area contributed by atoms with E-state index < -0.39 is 5.60 Å². The molecule has 0 aliphatic carbocycles. The summed E-state index contributed by atoms with van der Waals surface area (Å²) in [7, 11) is 0. The summed E-state index contributed by atoms with van der Waals surface area (Å²) < 4.78 is 0. The lowest BCUT2D eigenvalue weighted by Crippen LogP contribution is -2.24. The summed E-state index contributed by atoms with van der Waals surface area (Å²) in [6.07, 6.45) is 3.28. The minimum absolute atomic E-state index is 0.434. The van der Waals surface area contributed by atoms with Crippen LogP contribution in [0.25, 0.3) is 0 Å². The Hall–Kier alpha value is -1.09. The van der Waals surface area contributed by atoms with Crippen molar-refractivity contribution < 1.29 is 5.11 Å². The van der Waals surface area contributed by atoms with Gasteiger partial charge in [0, 0.05) is 11.8 Å². The first kappa shape index (κ1) is 11.0. The molecular weight excluding hydrogens is 176 g/mol. The number of rotatable bonds is 3. The SMILES string of the molecule is CCCC(C)(O)c1c(C)ccnc1N. The number of hydrogen-bond acceptors (Lipinski definition) is 3. The zero-order chi connectivity index (χ0) is 10.8. The monoisotopic (exact) mass is 194 g/mol. The molecule has 0 fully saturated rings. The van der Waals surface area contributed by atoms with Crippen LogP contribution in [0.5, 0.6) is 0 Å². The molecule has 1 unspecified atom stereocenters. The van der Waals surface area contributed by atoms with E-state index in [4.69, 9.17) is 5.73 Å². The first-order valence-electron chi connectivity index (χ1n) is 4.93. The Morgan fingerprint density at radius 3 is 2.71 bits per heavy atom. The minimum Gasteiger partial charge on any atom is -0.385 e. The summed E-state index contributed by atoms with van der Waals surface area (Å²) >= 11 is 0. The van der Waals surface area contributed by atoms with Crippen LogP contribution in [0.15, 0.2) is 12.3 Å². The van der Waals surface area contributed by atoms with E-state index in [1.54, 1.807) is 13.1 Å². The predicted octanol–water partition coefficient (Wildman–Crippen LogP) is 1.98. The second kappa shape index (κ2) is 3.96. The highest BCUT2D eigenvalue weighted by molar-refractivity contribution is 5.47. The van der Waals surface area contributed by atoms with Crippen molar-refractivity contribution in [2.75, 3.05) is 5.73 Å². The number of nitrogens with two attached hydrogens (primary N) is 1. The van der Waals surface area contributed by atoms with Crippen molar-refractivity contribution in [3.05, 3.63) is 23.4 Å². The third kappa shape index (κ3) is 2.04. The van der Waals surface area contributed by atoms with Gasteiger partial charge in [0.25, 0.3) is 0 Å². The van der Waals surface area contributed by atoms with Gasteiger partial charge in [-0.1, -0.05) is 13.3 Å². The van der Waals surface area contributed by atoms with Crippen molar-refractivity contribution in [2.45, 2.75) is 39.2 Å². The van der Waals surface area contributed by atoms with E-state index in [0.29, 0.717) is 12.2 Å². The van der Waals surface area contributed by atoms with Crippen LogP contribution in [0.3, 0.4) is 0 Å². The molecule has 1 heterocycles. The number of aliphatic hydroxyl groups is 1. The van der Waals surface area contributed by atoms with E-state index in [0.717, 1.165) is 17.5 Å². The molecule has 14 heavy (non-hydrogen) atoms. The third-order valence-corrected chi connectivity index (χ3v) is 2.46.